The van der Waals surface area contributed by atoms with Crippen molar-refractivity contribution >= 4 is 10.9 Å². The van der Waals surface area contributed by atoms with Crippen molar-refractivity contribution in [2.24, 2.45) is 0 Å². The van der Waals surface area contributed by atoms with Crippen LogP contribution in [0.4, 0.5) is 4.39 Å². The van der Waals surface area contributed by atoms with E-state index in [0.29, 0.717) is 0 Å². The van der Waals surface area contributed by atoms with Crippen molar-refractivity contribution in [2.45, 2.75) is 0 Å². The second-order valence-electron chi connectivity index (χ2n) is 3.74. The van der Waals surface area contributed by atoms with Crippen molar-refractivity contribution in [1.29, 1.82) is 0 Å². The van der Waals surface area contributed by atoms with Crippen LogP contribution in [0.5, 0.6) is 0 Å². The number of aromatic nitrogens is 2. The molecule has 0 atom stereocenters. The number of benzene rings is 2. The van der Waals surface area contributed by atoms with Crippen molar-refractivity contribution in [3.63, 3.8) is 0 Å². The molecule has 0 amide bonds. The predicted molar refractivity (Wildman–Crippen MR) is 64.1 cm³/mol. The average Bonchev–Trinajstić information content (AvgIpc) is 2.69. The first-order valence-corrected chi connectivity index (χ1v) is 5.15. The van der Waals surface area contributed by atoms with E-state index in [2.05, 4.69) is 11.2 Å². The van der Waals surface area contributed by atoms with Gasteiger partial charge in [-0.3, -0.25) is 0 Å². The molecule has 1 radical (unpaired) electrons. The molecular weight excluding hydrogens is 217 g/mol. The van der Waals surface area contributed by atoms with Crippen LogP contribution in [-0.2, 0) is 0 Å². The Morgan fingerprint density at radius 2 is 1.94 bits per heavy atom. The maximum atomic E-state index is 12.9. The van der Waals surface area contributed by atoms with Gasteiger partial charge in [-0.05, 0) is 42.5 Å². The van der Waals surface area contributed by atoms with E-state index in [9.17, 15) is 4.39 Å². The van der Waals surface area contributed by atoms with Crippen LogP contribution in [0.25, 0.3) is 22.2 Å². The second kappa shape index (κ2) is 3.59. The van der Waals surface area contributed by atoms with Gasteiger partial charge in [-0.1, -0.05) is 6.07 Å². The minimum Gasteiger partial charge on any atom is -0.323 e. The Hall–Kier alpha value is -2.36. The van der Waals surface area contributed by atoms with Crippen LogP contribution in [0, 0.1) is 11.9 Å². The summed E-state index contributed by atoms with van der Waals surface area (Å²) in [7, 11) is 0. The number of hydrogen-bond donors (Lipinski definition) is 1. The highest BCUT2D eigenvalue weighted by Gasteiger charge is 2.10. The van der Waals surface area contributed by atoms with E-state index >= 15 is 0 Å². The van der Waals surface area contributed by atoms with E-state index in [1.807, 2.05) is 12.1 Å². The summed E-state index contributed by atoms with van der Waals surface area (Å²) in [5, 5.41) is 5.15. The highest BCUT2D eigenvalue weighted by molar-refractivity contribution is 5.93. The van der Waals surface area contributed by atoms with Crippen LogP contribution in [0.1, 0.15) is 0 Å². The second-order valence-corrected chi connectivity index (χ2v) is 3.74. The van der Waals surface area contributed by atoms with Gasteiger partial charge in [-0.25, -0.2) is 4.39 Å². The molecule has 0 aliphatic carbocycles. The molecular formula is C13H9FN3. The van der Waals surface area contributed by atoms with Crippen molar-refractivity contribution in [1.82, 2.24) is 9.89 Å². The monoisotopic (exact) mass is 226 g/mol. The normalized spacial score (nSPS) is 10.9. The van der Waals surface area contributed by atoms with Crippen molar-refractivity contribution in [3.05, 3.63) is 54.3 Å². The van der Waals surface area contributed by atoms with E-state index in [1.165, 1.54) is 16.9 Å². The van der Waals surface area contributed by atoms with Gasteiger partial charge in [0.05, 0.1) is 5.52 Å². The number of nitrogens with zero attached hydrogens (tertiary/aromatic N) is 2. The molecule has 0 aliphatic heterocycles. The van der Waals surface area contributed by atoms with Gasteiger partial charge in [-0.15, -0.1) is 0 Å². The Balaban J connectivity index is 2.27. The molecule has 0 aliphatic rings. The molecule has 0 spiro atoms. The van der Waals surface area contributed by atoms with Crippen LogP contribution < -0.4 is 5.84 Å². The smallest absolute Gasteiger partial charge is 0.123 e. The maximum Gasteiger partial charge on any atom is 0.123 e. The van der Waals surface area contributed by atoms with E-state index in [1.54, 1.807) is 18.2 Å². The molecule has 83 valence electrons. The van der Waals surface area contributed by atoms with Crippen LogP contribution in [0.15, 0.2) is 42.5 Å². The molecule has 1 heterocycles. The molecule has 4 heteroatoms. The quantitative estimate of drug-likeness (QED) is 0.647. The maximum absolute atomic E-state index is 12.9. The van der Waals surface area contributed by atoms with E-state index in [4.69, 9.17) is 5.84 Å². The zero-order valence-electron chi connectivity index (χ0n) is 8.89. The number of halogens is 1. The zero-order chi connectivity index (χ0) is 11.8. The lowest BCUT2D eigenvalue weighted by Crippen LogP contribution is -2.09. The van der Waals surface area contributed by atoms with E-state index < -0.39 is 0 Å². The Morgan fingerprint density at radius 1 is 1.18 bits per heavy atom. The third-order valence-electron chi connectivity index (χ3n) is 2.67. The lowest BCUT2D eigenvalue weighted by Gasteiger charge is -1.96. The lowest BCUT2D eigenvalue weighted by molar-refractivity contribution is 0.628. The minimum atomic E-state index is -0.267. The molecule has 17 heavy (non-hydrogen) atoms. The van der Waals surface area contributed by atoms with Crippen LogP contribution in [0.3, 0.4) is 0 Å². The van der Waals surface area contributed by atoms with Gasteiger partial charge in [-0.2, -0.15) is 9.89 Å². The van der Waals surface area contributed by atoms with Gasteiger partial charge in [0.2, 0.25) is 0 Å². The highest BCUT2D eigenvalue weighted by atomic mass is 19.1. The fraction of sp³-hybridized carbons (Fsp3) is 0. The molecule has 3 rings (SSSR count). The van der Waals surface area contributed by atoms with Crippen LogP contribution in [-0.4, -0.2) is 9.89 Å². The van der Waals surface area contributed by atoms with Gasteiger partial charge in [0.15, 0.2) is 0 Å². The summed E-state index contributed by atoms with van der Waals surface area (Å²) < 4.78 is 12.9. The topological polar surface area (TPSA) is 43.8 Å². The Kier molecular flexibility index (Phi) is 2.08. The number of fused-ring (bicyclic) bond motifs is 1. The largest absolute Gasteiger partial charge is 0.323 e. The fourth-order valence-corrected chi connectivity index (χ4v) is 1.85. The first-order valence-electron chi connectivity index (χ1n) is 5.15. The molecule has 2 N–H and O–H groups in total. The molecule has 1 aromatic heterocycles. The molecule has 3 nitrogen and oxygen atoms in total. The first kappa shape index (κ1) is 9.84. The summed E-state index contributed by atoms with van der Waals surface area (Å²) in [4.78, 5) is 1.32. The zero-order valence-corrected chi connectivity index (χ0v) is 8.89. The van der Waals surface area contributed by atoms with Gasteiger partial charge in [0, 0.05) is 10.9 Å². The number of nitrogens with two attached hydrogens (primary N) is 1. The third kappa shape index (κ3) is 1.54. The van der Waals surface area contributed by atoms with Crippen LogP contribution >= 0.6 is 0 Å². The van der Waals surface area contributed by atoms with Gasteiger partial charge in [0.1, 0.15) is 11.5 Å². The van der Waals surface area contributed by atoms with Crippen molar-refractivity contribution < 1.29 is 4.39 Å². The molecule has 0 unspecified atom stereocenters. The average molecular weight is 226 g/mol. The van der Waals surface area contributed by atoms with Crippen molar-refractivity contribution in [2.75, 3.05) is 5.84 Å². The first-order chi connectivity index (χ1) is 8.25. The van der Waals surface area contributed by atoms with Crippen molar-refractivity contribution in [3.8, 4) is 11.3 Å². The lowest BCUT2D eigenvalue weighted by atomic mass is 10.1. The van der Waals surface area contributed by atoms with E-state index in [0.717, 1.165) is 22.2 Å². The summed E-state index contributed by atoms with van der Waals surface area (Å²) in [5.74, 6) is 5.50. The van der Waals surface area contributed by atoms with Gasteiger partial charge < -0.3 is 5.84 Å². The standard InChI is InChI=1S/C13H9FN3/c14-10-7-5-9(6-8-10)13-11-3-1-2-4-12(11)17(15)16-13/h2-8H,15H2. The molecule has 0 saturated heterocycles. The number of nitrogen functional groups attached to an aromatic ring is 1. The fourth-order valence-electron chi connectivity index (χ4n) is 1.85. The summed E-state index contributed by atoms with van der Waals surface area (Å²) in [6.45, 7) is 0. The summed E-state index contributed by atoms with van der Waals surface area (Å²) in [6.07, 6.45) is 0. The Morgan fingerprint density at radius 3 is 2.71 bits per heavy atom. The molecule has 0 fully saturated rings. The van der Waals surface area contributed by atoms with Crippen LogP contribution in [0.2, 0.25) is 0 Å². The van der Waals surface area contributed by atoms with E-state index in [-0.39, 0.29) is 5.82 Å². The molecule has 0 saturated carbocycles. The minimum absolute atomic E-state index is 0.267. The van der Waals surface area contributed by atoms with Gasteiger partial charge in [0.25, 0.3) is 0 Å². The summed E-state index contributed by atoms with van der Waals surface area (Å²) in [5.41, 5.74) is 2.39. The number of hydrogen-bond acceptors (Lipinski definition) is 2. The molecule has 3 aromatic rings. The number of rotatable bonds is 1. The SMILES string of the molecule is Nn1nc(-c2ccc(F)cc2)c2c[c]ccc21. The predicted octanol–water partition coefficient (Wildman–Crippen LogP) is 2.36. The molecule has 0 bridgehead atoms. The summed E-state index contributed by atoms with van der Waals surface area (Å²) in [6, 6.07) is 14.6. The Bertz CT molecular complexity index is 671. The highest BCUT2D eigenvalue weighted by Crippen LogP contribution is 2.26. The third-order valence-corrected chi connectivity index (χ3v) is 2.67. The van der Waals surface area contributed by atoms with Gasteiger partial charge >= 0.3 is 0 Å². The Labute approximate surface area is 97.3 Å². The molecule has 2 aromatic carbocycles. The summed E-state index contributed by atoms with van der Waals surface area (Å²) >= 11 is 0.